The van der Waals surface area contributed by atoms with E-state index in [0.717, 1.165) is 0 Å². The van der Waals surface area contributed by atoms with Gasteiger partial charge in [-0.3, -0.25) is 9.59 Å². The summed E-state index contributed by atoms with van der Waals surface area (Å²) in [6.45, 7) is 6.20. The number of hydrogen-bond acceptors (Lipinski definition) is 4. The van der Waals surface area contributed by atoms with Crippen molar-refractivity contribution in [3.05, 3.63) is 0 Å². The van der Waals surface area contributed by atoms with Gasteiger partial charge in [0.05, 0.1) is 0 Å². The van der Waals surface area contributed by atoms with E-state index in [0.29, 0.717) is 0 Å². The second kappa shape index (κ2) is 6.30. The Hall–Kier alpha value is -0.480. The molecule has 0 aromatic rings. The Labute approximate surface area is 105 Å². The van der Waals surface area contributed by atoms with E-state index in [1.165, 1.54) is 13.8 Å². The highest BCUT2D eigenvalue weighted by atomic mass is 35.5. The van der Waals surface area contributed by atoms with Gasteiger partial charge in [-0.25, -0.2) is 0 Å². The molecule has 0 radical (unpaired) electrons. The van der Waals surface area contributed by atoms with E-state index < -0.39 is 28.3 Å². The van der Waals surface area contributed by atoms with Crippen LogP contribution >= 0.6 is 23.2 Å². The Balaban J connectivity index is 4.15. The Morgan fingerprint density at radius 1 is 1.12 bits per heavy atom. The van der Waals surface area contributed by atoms with E-state index in [4.69, 9.17) is 32.7 Å². The zero-order valence-corrected chi connectivity index (χ0v) is 11.3. The molecule has 0 aromatic heterocycles. The third kappa shape index (κ3) is 6.18. The SMILES string of the molecule is CC(Cl)C(=O)OCC(C)(C)OC(=O)C(C)Cl. The number of halogens is 2. The molecule has 0 saturated heterocycles. The molecule has 0 aliphatic rings. The quantitative estimate of drug-likeness (QED) is 0.567. The van der Waals surface area contributed by atoms with Gasteiger partial charge in [0.2, 0.25) is 0 Å². The average molecular weight is 271 g/mol. The van der Waals surface area contributed by atoms with Crippen LogP contribution in [0.25, 0.3) is 0 Å². The second-order valence-corrected chi connectivity index (χ2v) is 5.33. The fraction of sp³-hybridized carbons (Fsp3) is 0.800. The molecule has 0 saturated carbocycles. The maximum absolute atomic E-state index is 11.2. The van der Waals surface area contributed by atoms with Crippen molar-refractivity contribution in [3.63, 3.8) is 0 Å². The van der Waals surface area contributed by atoms with Crippen LogP contribution in [0.2, 0.25) is 0 Å². The van der Waals surface area contributed by atoms with Crippen molar-refractivity contribution >= 4 is 35.1 Å². The first kappa shape index (κ1) is 15.5. The van der Waals surface area contributed by atoms with Crippen molar-refractivity contribution in [2.45, 2.75) is 44.1 Å². The maximum atomic E-state index is 11.2. The van der Waals surface area contributed by atoms with Gasteiger partial charge in [0, 0.05) is 0 Å². The summed E-state index contributed by atoms with van der Waals surface area (Å²) in [5, 5.41) is -1.46. The van der Waals surface area contributed by atoms with Crippen LogP contribution in [0, 0.1) is 0 Å². The molecule has 0 heterocycles. The smallest absolute Gasteiger partial charge is 0.324 e. The van der Waals surface area contributed by atoms with Crippen molar-refractivity contribution in [1.29, 1.82) is 0 Å². The minimum Gasteiger partial charge on any atom is -0.460 e. The number of carbonyl (C=O) groups excluding carboxylic acids is 2. The van der Waals surface area contributed by atoms with Crippen LogP contribution in [0.3, 0.4) is 0 Å². The first-order chi connectivity index (χ1) is 7.15. The lowest BCUT2D eigenvalue weighted by Gasteiger charge is -2.25. The van der Waals surface area contributed by atoms with Crippen LogP contribution in [0.5, 0.6) is 0 Å². The van der Waals surface area contributed by atoms with Gasteiger partial charge in [-0.1, -0.05) is 0 Å². The second-order valence-electron chi connectivity index (χ2n) is 4.02. The zero-order valence-electron chi connectivity index (χ0n) is 9.75. The fourth-order valence-electron chi connectivity index (χ4n) is 0.743. The van der Waals surface area contributed by atoms with Crippen molar-refractivity contribution in [2.24, 2.45) is 0 Å². The normalized spacial score (nSPS) is 15.1. The molecule has 0 spiro atoms. The molecular weight excluding hydrogens is 255 g/mol. The molecule has 0 aromatic carbocycles. The molecule has 2 atom stereocenters. The molecule has 0 N–H and O–H groups in total. The Morgan fingerprint density at radius 2 is 1.56 bits per heavy atom. The highest BCUT2D eigenvalue weighted by Gasteiger charge is 2.27. The summed E-state index contributed by atoms with van der Waals surface area (Å²) in [5.74, 6) is -1.11. The predicted octanol–water partition coefficient (Wildman–Crippen LogP) is 2.11. The first-order valence-electron chi connectivity index (χ1n) is 4.83. The van der Waals surface area contributed by atoms with Crippen molar-refractivity contribution < 1.29 is 19.1 Å². The molecule has 94 valence electrons. The maximum Gasteiger partial charge on any atom is 0.324 e. The predicted molar refractivity (Wildman–Crippen MR) is 61.8 cm³/mol. The number of alkyl halides is 2. The minimum atomic E-state index is -0.915. The Morgan fingerprint density at radius 3 is 1.94 bits per heavy atom. The van der Waals surface area contributed by atoms with E-state index >= 15 is 0 Å². The van der Waals surface area contributed by atoms with Gasteiger partial charge >= 0.3 is 11.9 Å². The summed E-state index contributed by atoms with van der Waals surface area (Å²) in [4.78, 5) is 22.3. The average Bonchev–Trinajstić information content (AvgIpc) is 2.13. The van der Waals surface area contributed by atoms with Crippen LogP contribution < -0.4 is 0 Å². The van der Waals surface area contributed by atoms with Gasteiger partial charge in [0.15, 0.2) is 0 Å². The van der Waals surface area contributed by atoms with E-state index in [-0.39, 0.29) is 6.61 Å². The lowest BCUT2D eigenvalue weighted by Crippen LogP contribution is -2.37. The topological polar surface area (TPSA) is 52.6 Å². The molecule has 4 nitrogen and oxygen atoms in total. The van der Waals surface area contributed by atoms with E-state index in [1.807, 2.05) is 0 Å². The molecule has 0 aliphatic heterocycles. The van der Waals surface area contributed by atoms with Crippen LogP contribution in [0.4, 0.5) is 0 Å². The summed E-state index contributed by atoms with van der Waals surface area (Å²) in [6, 6.07) is 0. The van der Waals surface area contributed by atoms with Gasteiger partial charge < -0.3 is 9.47 Å². The summed E-state index contributed by atoms with van der Waals surface area (Å²) in [7, 11) is 0. The third-order valence-corrected chi connectivity index (χ3v) is 1.94. The zero-order chi connectivity index (χ0) is 12.9. The van der Waals surface area contributed by atoms with Gasteiger partial charge in [-0.2, -0.15) is 0 Å². The molecule has 0 rings (SSSR count). The third-order valence-electron chi connectivity index (χ3n) is 1.59. The minimum absolute atomic E-state index is 0.0573. The first-order valence-corrected chi connectivity index (χ1v) is 5.70. The van der Waals surface area contributed by atoms with Gasteiger partial charge in [0.25, 0.3) is 0 Å². The molecule has 16 heavy (non-hydrogen) atoms. The summed E-state index contributed by atoms with van der Waals surface area (Å²) >= 11 is 11.1. The van der Waals surface area contributed by atoms with Gasteiger partial charge in [0.1, 0.15) is 23.0 Å². The molecular formula is C10H16Cl2O4. The molecule has 6 heteroatoms. The molecule has 0 fully saturated rings. The monoisotopic (exact) mass is 270 g/mol. The van der Waals surface area contributed by atoms with Gasteiger partial charge in [-0.15, -0.1) is 23.2 Å². The van der Waals surface area contributed by atoms with E-state index in [9.17, 15) is 9.59 Å². The number of hydrogen-bond donors (Lipinski definition) is 0. The number of carbonyl (C=O) groups is 2. The van der Waals surface area contributed by atoms with Crippen LogP contribution in [0.15, 0.2) is 0 Å². The largest absolute Gasteiger partial charge is 0.460 e. The van der Waals surface area contributed by atoms with Crippen LogP contribution in [-0.2, 0) is 19.1 Å². The number of rotatable bonds is 5. The summed E-state index contributed by atoms with van der Waals surface area (Å²) in [6.07, 6.45) is 0. The molecule has 0 aliphatic carbocycles. The highest BCUT2D eigenvalue weighted by molar-refractivity contribution is 6.29. The lowest BCUT2D eigenvalue weighted by molar-refractivity contribution is -0.167. The van der Waals surface area contributed by atoms with E-state index in [1.54, 1.807) is 13.8 Å². The van der Waals surface area contributed by atoms with Crippen molar-refractivity contribution in [1.82, 2.24) is 0 Å². The highest BCUT2D eigenvalue weighted by Crippen LogP contribution is 2.13. The van der Waals surface area contributed by atoms with Crippen molar-refractivity contribution in [2.75, 3.05) is 6.61 Å². The van der Waals surface area contributed by atoms with Crippen molar-refractivity contribution in [3.8, 4) is 0 Å². The number of esters is 2. The molecule has 0 amide bonds. The van der Waals surface area contributed by atoms with Crippen LogP contribution in [0.1, 0.15) is 27.7 Å². The standard InChI is InChI=1S/C10H16Cl2O4/c1-6(11)8(13)15-5-10(3,4)16-9(14)7(2)12/h6-7H,5H2,1-4H3. The summed E-state index contributed by atoms with van der Waals surface area (Å²) in [5.41, 5.74) is -0.915. The lowest BCUT2D eigenvalue weighted by atomic mass is 10.1. The van der Waals surface area contributed by atoms with Crippen LogP contribution in [-0.4, -0.2) is 34.9 Å². The van der Waals surface area contributed by atoms with E-state index in [2.05, 4.69) is 0 Å². The molecule has 2 unspecified atom stereocenters. The Bertz CT molecular complexity index is 262. The molecule has 0 bridgehead atoms. The fourth-order valence-corrected chi connectivity index (χ4v) is 0.850. The number of ether oxygens (including phenoxy) is 2. The van der Waals surface area contributed by atoms with Gasteiger partial charge in [-0.05, 0) is 27.7 Å². The Kier molecular flexibility index (Phi) is 6.11. The summed E-state index contributed by atoms with van der Waals surface area (Å²) < 4.78 is 9.90.